The maximum atomic E-state index is 11.7. The fourth-order valence-electron chi connectivity index (χ4n) is 1.59. The van der Waals surface area contributed by atoms with E-state index in [0.29, 0.717) is 29.5 Å². The van der Waals surface area contributed by atoms with Gasteiger partial charge in [-0.1, -0.05) is 11.6 Å². The van der Waals surface area contributed by atoms with Crippen molar-refractivity contribution in [1.29, 1.82) is 0 Å². The number of carbonyl (C=O) groups excluding carboxylic acids is 1. The number of ether oxygens (including phenoxy) is 1. The molecule has 0 saturated heterocycles. The van der Waals surface area contributed by atoms with Crippen molar-refractivity contribution in [3.8, 4) is 0 Å². The Bertz CT molecular complexity index is 491. The third-order valence-corrected chi connectivity index (χ3v) is 3.55. The first kappa shape index (κ1) is 17.1. The van der Waals surface area contributed by atoms with Crippen LogP contribution in [0.15, 0.2) is 18.2 Å². The van der Waals surface area contributed by atoms with E-state index in [9.17, 15) is 9.00 Å². The normalized spacial score (nSPS) is 12.4. The summed E-state index contributed by atoms with van der Waals surface area (Å²) in [5, 5.41) is 3.34. The van der Waals surface area contributed by atoms with Gasteiger partial charge in [0.05, 0.1) is 19.1 Å². The van der Waals surface area contributed by atoms with Crippen LogP contribution in [0.5, 0.6) is 0 Å². The summed E-state index contributed by atoms with van der Waals surface area (Å²) < 4.78 is 16.6. The lowest BCUT2D eigenvalue weighted by atomic mass is 10.2. The van der Waals surface area contributed by atoms with Crippen molar-refractivity contribution in [3.63, 3.8) is 0 Å². The molecule has 0 bridgehead atoms. The average Bonchev–Trinajstić information content (AvgIpc) is 2.32. The van der Waals surface area contributed by atoms with Crippen LogP contribution in [-0.2, 0) is 26.1 Å². The molecule has 0 aromatic heterocycles. The highest BCUT2D eigenvalue weighted by Gasteiger charge is 2.07. The molecule has 1 aromatic carbocycles. The number of hydrogen-bond donors (Lipinski definition) is 1. The van der Waals surface area contributed by atoms with Crippen LogP contribution in [0.2, 0.25) is 5.02 Å². The van der Waals surface area contributed by atoms with Gasteiger partial charge < -0.3 is 10.1 Å². The molecule has 0 aliphatic rings. The summed E-state index contributed by atoms with van der Waals surface area (Å²) >= 11 is 6.03. The van der Waals surface area contributed by atoms with Crippen molar-refractivity contribution >= 4 is 34.0 Å². The maximum absolute atomic E-state index is 11.7. The number of hydrogen-bond acceptors (Lipinski definition) is 3. The van der Waals surface area contributed by atoms with Crippen molar-refractivity contribution in [1.82, 2.24) is 0 Å². The maximum Gasteiger partial charge on any atom is 0.226 e. The van der Waals surface area contributed by atoms with Gasteiger partial charge in [-0.25, -0.2) is 0 Å². The number of halogens is 1. The zero-order valence-corrected chi connectivity index (χ0v) is 13.5. The molecule has 4 nitrogen and oxygen atoms in total. The van der Waals surface area contributed by atoms with E-state index in [1.54, 1.807) is 24.5 Å². The van der Waals surface area contributed by atoms with Crippen LogP contribution in [0, 0.1) is 0 Å². The molecule has 0 radical (unpaired) electrons. The molecule has 0 fully saturated rings. The molecule has 0 heterocycles. The van der Waals surface area contributed by atoms with Gasteiger partial charge in [-0.2, -0.15) is 0 Å². The predicted molar refractivity (Wildman–Crippen MR) is 83.6 cm³/mol. The Labute approximate surface area is 127 Å². The van der Waals surface area contributed by atoms with Crippen LogP contribution in [0.4, 0.5) is 5.69 Å². The molecule has 1 rings (SSSR count). The van der Waals surface area contributed by atoms with Gasteiger partial charge in [0.2, 0.25) is 5.91 Å². The highest BCUT2D eigenvalue weighted by Crippen LogP contribution is 2.22. The van der Waals surface area contributed by atoms with Crippen molar-refractivity contribution in [2.75, 3.05) is 18.2 Å². The fourth-order valence-corrected chi connectivity index (χ4v) is 2.53. The zero-order valence-electron chi connectivity index (χ0n) is 11.9. The average molecular weight is 318 g/mol. The fraction of sp³-hybridized carbons (Fsp3) is 0.500. The van der Waals surface area contributed by atoms with Crippen LogP contribution in [0.1, 0.15) is 25.8 Å². The third-order valence-electron chi connectivity index (χ3n) is 2.47. The quantitative estimate of drug-likeness (QED) is 0.841. The molecule has 0 aliphatic heterocycles. The van der Waals surface area contributed by atoms with E-state index >= 15 is 0 Å². The molecule has 6 heteroatoms. The summed E-state index contributed by atoms with van der Waals surface area (Å²) in [5.41, 5.74) is 1.42. The van der Waals surface area contributed by atoms with Crippen LogP contribution >= 0.6 is 11.6 Å². The van der Waals surface area contributed by atoms with Gasteiger partial charge in [-0.05, 0) is 37.6 Å². The van der Waals surface area contributed by atoms with Gasteiger partial charge in [0.1, 0.15) is 0 Å². The predicted octanol–water partition coefficient (Wildman–Crippen LogP) is 2.97. The largest absolute Gasteiger partial charge is 0.378 e. The number of carbonyl (C=O) groups is 1. The van der Waals surface area contributed by atoms with Gasteiger partial charge in [-0.3, -0.25) is 9.00 Å². The Balaban J connectivity index is 2.59. The van der Waals surface area contributed by atoms with E-state index in [2.05, 4.69) is 5.32 Å². The first-order valence-corrected chi connectivity index (χ1v) is 8.49. The molecule has 0 aliphatic carbocycles. The van der Waals surface area contributed by atoms with Crippen molar-refractivity contribution < 1.29 is 13.7 Å². The molecule has 1 atom stereocenters. The topological polar surface area (TPSA) is 55.4 Å². The van der Waals surface area contributed by atoms with Gasteiger partial charge >= 0.3 is 0 Å². The van der Waals surface area contributed by atoms with E-state index in [-0.39, 0.29) is 12.0 Å². The van der Waals surface area contributed by atoms with Gasteiger partial charge in [0, 0.05) is 33.5 Å². The highest BCUT2D eigenvalue weighted by molar-refractivity contribution is 7.83. The summed E-state index contributed by atoms with van der Waals surface area (Å²) in [6, 6.07) is 5.18. The lowest BCUT2D eigenvalue weighted by Gasteiger charge is -2.10. The second-order valence-corrected chi connectivity index (χ2v) is 6.58. The molecule has 112 valence electrons. The molecule has 0 spiro atoms. The van der Waals surface area contributed by atoms with E-state index in [0.717, 1.165) is 5.56 Å². The Hall–Kier alpha value is -0.910. The summed E-state index contributed by atoms with van der Waals surface area (Å²) in [4.78, 5) is 11.7. The van der Waals surface area contributed by atoms with Crippen molar-refractivity contribution in [2.24, 2.45) is 0 Å². The van der Waals surface area contributed by atoms with Crippen molar-refractivity contribution in [3.05, 3.63) is 28.8 Å². The Morgan fingerprint density at radius 3 is 2.75 bits per heavy atom. The standard InChI is InChI=1S/C14H20ClNO3S/c1-10(2)19-7-6-14(17)16-12-4-5-13(15)11(8-12)9-20(3)18/h4-5,8,10H,6-7,9H2,1-3H3,(H,16,17)/t20-/m0/s1. The minimum absolute atomic E-state index is 0.114. The minimum Gasteiger partial charge on any atom is -0.378 e. The van der Waals surface area contributed by atoms with E-state index in [1.807, 2.05) is 13.8 Å². The third kappa shape index (κ3) is 6.50. The second-order valence-electron chi connectivity index (χ2n) is 4.74. The van der Waals surface area contributed by atoms with Gasteiger partial charge in [0.25, 0.3) is 0 Å². The van der Waals surface area contributed by atoms with Crippen LogP contribution in [-0.4, -0.2) is 29.1 Å². The summed E-state index contributed by atoms with van der Waals surface area (Å²) in [6.45, 7) is 4.24. The monoisotopic (exact) mass is 317 g/mol. The molecular weight excluding hydrogens is 298 g/mol. The molecule has 1 aromatic rings. The van der Waals surface area contributed by atoms with Gasteiger partial charge in [-0.15, -0.1) is 0 Å². The van der Waals surface area contributed by atoms with Gasteiger partial charge in [0.15, 0.2) is 0 Å². The number of rotatable bonds is 7. The first-order chi connectivity index (χ1) is 9.38. The number of nitrogens with one attached hydrogen (secondary N) is 1. The Morgan fingerprint density at radius 1 is 1.45 bits per heavy atom. The minimum atomic E-state index is -0.975. The number of anilines is 1. The van der Waals surface area contributed by atoms with E-state index in [1.165, 1.54) is 0 Å². The first-order valence-electron chi connectivity index (χ1n) is 6.38. The smallest absolute Gasteiger partial charge is 0.226 e. The second kappa shape index (κ2) is 8.39. The molecule has 20 heavy (non-hydrogen) atoms. The number of amides is 1. The molecule has 0 unspecified atom stereocenters. The van der Waals surface area contributed by atoms with Crippen molar-refractivity contribution in [2.45, 2.75) is 32.1 Å². The number of benzene rings is 1. The highest BCUT2D eigenvalue weighted by atomic mass is 35.5. The summed E-state index contributed by atoms with van der Waals surface area (Å²) in [5.74, 6) is 0.260. The molecule has 0 saturated carbocycles. The zero-order chi connectivity index (χ0) is 15.1. The Kier molecular flexibility index (Phi) is 7.19. The Morgan fingerprint density at radius 2 is 2.15 bits per heavy atom. The molecule has 1 amide bonds. The summed E-state index contributed by atoms with van der Waals surface area (Å²) in [6.07, 6.45) is 2.03. The van der Waals surface area contributed by atoms with Crippen LogP contribution in [0.25, 0.3) is 0 Å². The lowest BCUT2D eigenvalue weighted by molar-refractivity contribution is -0.117. The molecule has 1 N–H and O–H groups in total. The van der Waals surface area contributed by atoms with E-state index in [4.69, 9.17) is 16.3 Å². The van der Waals surface area contributed by atoms with E-state index < -0.39 is 10.8 Å². The van der Waals surface area contributed by atoms with Crippen LogP contribution in [0.3, 0.4) is 0 Å². The SMILES string of the molecule is CC(C)OCCC(=O)Nc1ccc(Cl)c(C[S@](C)=O)c1. The summed E-state index contributed by atoms with van der Waals surface area (Å²) in [7, 11) is -0.975. The lowest BCUT2D eigenvalue weighted by Crippen LogP contribution is -2.16. The van der Waals surface area contributed by atoms with Crippen LogP contribution < -0.4 is 5.32 Å². The molecular formula is C14H20ClNO3S.